The first-order valence-electron chi connectivity index (χ1n) is 14.6. The summed E-state index contributed by atoms with van der Waals surface area (Å²) in [4.78, 5) is 17.6. The standard InChI is InChI=1S/C33H38F3N3O2/c1-2-39-17-5-9-29(39)22-37-32(40)27-8-4-10-31(21-27)41-30-15-18-38(19-16-30)23-24-6-3-7-26(20-24)25-11-13-28(14-12-25)33(34,35)36/h3-4,6-8,10-14,20-21,29-30H,2,5,9,15-19,22-23H2,1H3,(H,37,40). The largest absolute Gasteiger partial charge is 0.490 e. The summed E-state index contributed by atoms with van der Waals surface area (Å²) in [6, 6.07) is 21.2. The summed E-state index contributed by atoms with van der Waals surface area (Å²) in [6.45, 7) is 7.48. The molecule has 2 fully saturated rings. The molecule has 41 heavy (non-hydrogen) atoms. The van der Waals surface area contributed by atoms with E-state index >= 15 is 0 Å². The first-order valence-corrected chi connectivity index (χ1v) is 14.6. The van der Waals surface area contributed by atoms with Gasteiger partial charge in [-0.15, -0.1) is 0 Å². The summed E-state index contributed by atoms with van der Waals surface area (Å²) in [7, 11) is 0. The minimum Gasteiger partial charge on any atom is -0.490 e. The zero-order valence-corrected chi connectivity index (χ0v) is 23.5. The summed E-state index contributed by atoms with van der Waals surface area (Å²) in [5.74, 6) is 0.656. The van der Waals surface area contributed by atoms with Crippen molar-refractivity contribution in [1.29, 1.82) is 0 Å². The van der Waals surface area contributed by atoms with Crippen molar-refractivity contribution in [2.24, 2.45) is 0 Å². The number of hydrogen-bond acceptors (Lipinski definition) is 4. The second-order valence-electron chi connectivity index (χ2n) is 11.0. The van der Waals surface area contributed by atoms with Crippen LogP contribution in [-0.4, -0.2) is 60.6 Å². The fourth-order valence-corrected chi connectivity index (χ4v) is 5.90. The predicted molar refractivity (Wildman–Crippen MR) is 155 cm³/mol. The van der Waals surface area contributed by atoms with Crippen LogP contribution >= 0.6 is 0 Å². The lowest BCUT2D eigenvalue weighted by molar-refractivity contribution is -0.137. The zero-order chi connectivity index (χ0) is 28.8. The van der Waals surface area contributed by atoms with E-state index in [2.05, 4.69) is 28.1 Å². The number of alkyl halides is 3. The van der Waals surface area contributed by atoms with Gasteiger partial charge < -0.3 is 10.1 Å². The summed E-state index contributed by atoms with van der Waals surface area (Å²) in [6.07, 6.45) is -0.182. The second-order valence-corrected chi connectivity index (χ2v) is 11.0. The number of hydrogen-bond donors (Lipinski definition) is 1. The van der Waals surface area contributed by atoms with Crippen LogP contribution in [0.2, 0.25) is 0 Å². The Kier molecular flexibility index (Phi) is 9.30. The number of likely N-dealkylation sites (N-methyl/N-ethyl adjacent to an activating group) is 1. The van der Waals surface area contributed by atoms with Gasteiger partial charge in [0.1, 0.15) is 11.9 Å². The van der Waals surface area contributed by atoms with Crippen molar-refractivity contribution in [2.45, 2.75) is 57.5 Å². The van der Waals surface area contributed by atoms with Gasteiger partial charge in [-0.3, -0.25) is 14.6 Å². The van der Waals surface area contributed by atoms with Crippen molar-refractivity contribution in [3.05, 3.63) is 89.5 Å². The van der Waals surface area contributed by atoms with E-state index in [9.17, 15) is 18.0 Å². The van der Waals surface area contributed by atoms with Crippen LogP contribution in [0.25, 0.3) is 11.1 Å². The molecule has 1 amide bonds. The highest BCUT2D eigenvalue weighted by molar-refractivity contribution is 5.94. The number of nitrogens with one attached hydrogen (secondary N) is 1. The van der Waals surface area contributed by atoms with Crippen LogP contribution in [0, 0.1) is 0 Å². The third kappa shape index (κ3) is 7.68. The van der Waals surface area contributed by atoms with E-state index in [1.807, 2.05) is 42.5 Å². The third-order valence-corrected chi connectivity index (χ3v) is 8.22. The summed E-state index contributed by atoms with van der Waals surface area (Å²) >= 11 is 0. The van der Waals surface area contributed by atoms with E-state index in [1.54, 1.807) is 0 Å². The van der Waals surface area contributed by atoms with Gasteiger partial charge in [-0.05, 0) is 91.9 Å². The second kappa shape index (κ2) is 13.1. The van der Waals surface area contributed by atoms with E-state index in [0.717, 1.165) is 86.6 Å². The number of carbonyl (C=O) groups is 1. The Morgan fingerprint density at radius 1 is 0.927 bits per heavy atom. The molecular formula is C33H38F3N3O2. The van der Waals surface area contributed by atoms with Gasteiger partial charge in [0.15, 0.2) is 0 Å². The summed E-state index contributed by atoms with van der Waals surface area (Å²) in [5.41, 5.74) is 2.78. The van der Waals surface area contributed by atoms with Gasteiger partial charge in [0.05, 0.1) is 5.56 Å². The lowest BCUT2D eigenvalue weighted by atomic mass is 10.0. The molecule has 2 aliphatic rings. The number of nitrogens with zero attached hydrogens (tertiary/aromatic N) is 2. The normalized spacial score (nSPS) is 18.9. The number of amides is 1. The highest BCUT2D eigenvalue weighted by Gasteiger charge is 2.30. The fraction of sp³-hybridized carbons (Fsp3) is 0.424. The average Bonchev–Trinajstić information content (AvgIpc) is 3.44. The first-order chi connectivity index (χ1) is 19.8. The SMILES string of the molecule is CCN1CCCC1CNC(=O)c1cccc(OC2CCN(Cc3cccc(-c4ccc(C(F)(F)F)cc4)c3)CC2)c1. The molecule has 5 nitrogen and oxygen atoms in total. The molecule has 3 aromatic carbocycles. The number of ether oxygens (including phenoxy) is 1. The predicted octanol–water partition coefficient (Wildman–Crippen LogP) is 6.63. The van der Waals surface area contributed by atoms with Crippen molar-refractivity contribution in [1.82, 2.24) is 15.1 Å². The molecule has 0 saturated carbocycles. The van der Waals surface area contributed by atoms with E-state index in [0.29, 0.717) is 18.2 Å². The van der Waals surface area contributed by atoms with Gasteiger partial charge >= 0.3 is 6.18 Å². The van der Waals surface area contributed by atoms with Crippen LogP contribution in [0.15, 0.2) is 72.8 Å². The number of piperidine rings is 1. The number of benzene rings is 3. The number of carbonyl (C=O) groups excluding carboxylic acids is 1. The molecule has 3 aromatic rings. The monoisotopic (exact) mass is 565 g/mol. The molecule has 1 unspecified atom stereocenters. The molecule has 0 radical (unpaired) electrons. The molecule has 2 heterocycles. The molecule has 0 spiro atoms. The van der Waals surface area contributed by atoms with E-state index in [-0.39, 0.29) is 12.0 Å². The van der Waals surface area contributed by atoms with Crippen molar-refractivity contribution >= 4 is 5.91 Å². The fourth-order valence-electron chi connectivity index (χ4n) is 5.90. The quantitative estimate of drug-likeness (QED) is 0.316. The van der Waals surface area contributed by atoms with Crippen molar-refractivity contribution < 1.29 is 22.7 Å². The minimum absolute atomic E-state index is 0.0632. The van der Waals surface area contributed by atoms with E-state index in [4.69, 9.17) is 4.74 Å². The molecule has 2 saturated heterocycles. The van der Waals surface area contributed by atoms with Gasteiger partial charge in [0.2, 0.25) is 0 Å². The van der Waals surface area contributed by atoms with Crippen LogP contribution in [-0.2, 0) is 12.7 Å². The minimum atomic E-state index is -4.33. The van der Waals surface area contributed by atoms with Crippen LogP contribution in [0.4, 0.5) is 13.2 Å². The molecular weight excluding hydrogens is 527 g/mol. The number of rotatable bonds is 9. The Hall–Kier alpha value is -3.36. The first kappa shape index (κ1) is 29.1. The number of likely N-dealkylation sites (tertiary alicyclic amines) is 2. The maximum Gasteiger partial charge on any atom is 0.416 e. The highest BCUT2D eigenvalue weighted by atomic mass is 19.4. The van der Waals surface area contributed by atoms with Gasteiger partial charge in [-0.25, -0.2) is 0 Å². The molecule has 1 N–H and O–H groups in total. The summed E-state index contributed by atoms with van der Waals surface area (Å²) < 4.78 is 45.0. The molecule has 2 aliphatic heterocycles. The third-order valence-electron chi connectivity index (χ3n) is 8.22. The van der Waals surface area contributed by atoms with Gasteiger partial charge in [-0.1, -0.05) is 43.3 Å². The van der Waals surface area contributed by atoms with Crippen LogP contribution in [0.1, 0.15) is 54.1 Å². The van der Waals surface area contributed by atoms with Gasteiger partial charge in [-0.2, -0.15) is 13.2 Å². The molecule has 218 valence electrons. The Labute approximate surface area is 240 Å². The maximum atomic E-state index is 12.9. The highest BCUT2D eigenvalue weighted by Crippen LogP contribution is 2.31. The van der Waals surface area contributed by atoms with Crippen LogP contribution < -0.4 is 10.1 Å². The Bertz CT molecular complexity index is 1300. The van der Waals surface area contributed by atoms with Crippen LogP contribution in [0.3, 0.4) is 0 Å². The lowest BCUT2D eigenvalue weighted by Gasteiger charge is -2.32. The Morgan fingerprint density at radius 3 is 2.41 bits per heavy atom. The van der Waals surface area contributed by atoms with E-state index in [1.165, 1.54) is 18.6 Å². The van der Waals surface area contributed by atoms with Crippen LogP contribution in [0.5, 0.6) is 5.75 Å². The molecule has 0 aromatic heterocycles. The Morgan fingerprint density at radius 2 is 1.68 bits per heavy atom. The average molecular weight is 566 g/mol. The van der Waals surface area contributed by atoms with E-state index < -0.39 is 11.7 Å². The van der Waals surface area contributed by atoms with Crippen molar-refractivity contribution in [2.75, 3.05) is 32.7 Å². The summed E-state index contributed by atoms with van der Waals surface area (Å²) in [5, 5.41) is 3.10. The lowest BCUT2D eigenvalue weighted by Crippen LogP contribution is -2.40. The van der Waals surface area contributed by atoms with Crippen molar-refractivity contribution in [3.8, 4) is 16.9 Å². The Balaban J connectivity index is 1.10. The molecule has 5 rings (SSSR count). The van der Waals surface area contributed by atoms with Gasteiger partial charge in [0, 0.05) is 37.8 Å². The number of halogens is 3. The molecule has 0 aliphatic carbocycles. The molecule has 8 heteroatoms. The van der Waals surface area contributed by atoms with Crippen molar-refractivity contribution in [3.63, 3.8) is 0 Å². The zero-order valence-electron chi connectivity index (χ0n) is 23.5. The molecule has 1 atom stereocenters. The molecule has 0 bridgehead atoms. The topological polar surface area (TPSA) is 44.8 Å². The smallest absolute Gasteiger partial charge is 0.416 e. The van der Waals surface area contributed by atoms with Gasteiger partial charge in [0.25, 0.3) is 5.91 Å². The maximum absolute atomic E-state index is 12.9.